The van der Waals surface area contributed by atoms with Gasteiger partial charge in [0.05, 0.1) is 0 Å². The van der Waals surface area contributed by atoms with Crippen LogP contribution < -0.4 is 4.74 Å². The molecule has 0 aliphatic rings. The quantitative estimate of drug-likeness (QED) is 0.544. The normalized spacial score (nSPS) is 10.8. The maximum absolute atomic E-state index is 12.5. The highest BCUT2D eigenvalue weighted by atomic mass is 19.3. The number of halogens is 2. The van der Waals surface area contributed by atoms with E-state index in [0.717, 1.165) is 28.7 Å². The van der Waals surface area contributed by atoms with E-state index in [1.165, 1.54) is 5.56 Å². The van der Waals surface area contributed by atoms with Crippen LogP contribution in [0.1, 0.15) is 12.5 Å². The van der Waals surface area contributed by atoms with Crippen LogP contribution in [0, 0.1) is 0 Å². The number of hydrogen-bond acceptors (Lipinski definition) is 1. The third-order valence-corrected chi connectivity index (χ3v) is 3.97. The summed E-state index contributed by atoms with van der Waals surface area (Å²) in [5, 5.41) is 0. The van der Waals surface area contributed by atoms with Gasteiger partial charge in [0.25, 0.3) is 0 Å². The number of benzene rings is 3. The molecule has 1 nitrogen and oxygen atoms in total. The summed E-state index contributed by atoms with van der Waals surface area (Å²) in [5.74, 6) is 0.165. The Bertz CT molecular complexity index is 796. The van der Waals surface area contributed by atoms with Gasteiger partial charge >= 0.3 is 6.61 Å². The molecule has 0 N–H and O–H groups in total. The molecular formula is C21H18F2O. The van der Waals surface area contributed by atoms with Gasteiger partial charge in [0, 0.05) is 0 Å². The van der Waals surface area contributed by atoms with E-state index in [4.69, 9.17) is 0 Å². The minimum Gasteiger partial charge on any atom is -0.435 e. The van der Waals surface area contributed by atoms with Crippen molar-refractivity contribution in [1.29, 1.82) is 0 Å². The van der Waals surface area contributed by atoms with Crippen molar-refractivity contribution in [3.05, 3.63) is 78.4 Å². The van der Waals surface area contributed by atoms with Gasteiger partial charge in [-0.15, -0.1) is 0 Å². The van der Waals surface area contributed by atoms with Crippen LogP contribution in [0.25, 0.3) is 22.3 Å². The van der Waals surface area contributed by atoms with E-state index in [1.54, 1.807) is 12.1 Å². The summed E-state index contributed by atoms with van der Waals surface area (Å²) in [6.07, 6.45) is 0.979. The maximum atomic E-state index is 12.5. The standard InChI is InChI=1S/C21H18F2O/c1-2-15-8-10-17(11-9-15)19-13-12-18(24-21(22)23)14-20(19)16-6-4-3-5-7-16/h3-14,21H,2H2,1H3. The van der Waals surface area contributed by atoms with E-state index in [1.807, 2.05) is 36.4 Å². The van der Waals surface area contributed by atoms with Gasteiger partial charge in [0.2, 0.25) is 0 Å². The summed E-state index contributed by atoms with van der Waals surface area (Å²) >= 11 is 0. The molecule has 0 unspecified atom stereocenters. The predicted octanol–water partition coefficient (Wildman–Crippen LogP) is 6.18. The summed E-state index contributed by atoms with van der Waals surface area (Å²) in [6, 6.07) is 23.1. The molecule has 24 heavy (non-hydrogen) atoms. The van der Waals surface area contributed by atoms with E-state index in [0.29, 0.717) is 0 Å². The second kappa shape index (κ2) is 7.26. The average Bonchev–Trinajstić information content (AvgIpc) is 2.62. The number of alkyl halides is 2. The van der Waals surface area contributed by atoms with Crippen molar-refractivity contribution >= 4 is 0 Å². The first-order chi connectivity index (χ1) is 11.7. The van der Waals surface area contributed by atoms with Crippen molar-refractivity contribution in [3.63, 3.8) is 0 Å². The van der Waals surface area contributed by atoms with E-state index in [2.05, 4.69) is 35.9 Å². The summed E-state index contributed by atoms with van der Waals surface area (Å²) in [4.78, 5) is 0. The van der Waals surface area contributed by atoms with E-state index in [-0.39, 0.29) is 5.75 Å². The zero-order chi connectivity index (χ0) is 16.9. The Morgan fingerprint density at radius 3 is 2.08 bits per heavy atom. The fourth-order valence-corrected chi connectivity index (χ4v) is 2.73. The number of ether oxygens (including phenoxy) is 1. The summed E-state index contributed by atoms with van der Waals surface area (Å²) in [7, 11) is 0. The molecule has 0 bridgehead atoms. The largest absolute Gasteiger partial charge is 0.435 e. The monoisotopic (exact) mass is 324 g/mol. The van der Waals surface area contributed by atoms with Crippen molar-refractivity contribution in [2.45, 2.75) is 20.0 Å². The molecule has 0 saturated heterocycles. The van der Waals surface area contributed by atoms with Crippen molar-refractivity contribution in [2.24, 2.45) is 0 Å². The highest BCUT2D eigenvalue weighted by molar-refractivity contribution is 5.84. The van der Waals surface area contributed by atoms with Crippen molar-refractivity contribution in [2.75, 3.05) is 0 Å². The molecule has 0 atom stereocenters. The summed E-state index contributed by atoms with van der Waals surface area (Å²) in [5.41, 5.74) is 5.14. The van der Waals surface area contributed by atoms with Gasteiger partial charge < -0.3 is 4.74 Å². The fraction of sp³-hybridized carbons (Fsp3) is 0.143. The fourth-order valence-electron chi connectivity index (χ4n) is 2.73. The molecule has 3 aromatic carbocycles. The minimum atomic E-state index is -2.83. The molecule has 0 heterocycles. The van der Waals surface area contributed by atoms with Crippen LogP contribution in [-0.4, -0.2) is 6.61 Å². The van der Waals surface area contributed by atoms with Crippen LogP contribution in [0.3, 0.4) is 0 Å². The smallest absolute Gasteiger partial charge is 0.387 e. The van der Waals surface area contributed by atoms with Crippen molar-refractivity contribution < 1.29 is 13.5 Å². The Morgan fingerprint density at radius 2 is 1.46 bits per heavy atom. The third kappa shape index (κ3) is 3.62. The lowest BCUT2D eigenvalue weighted by atomic mass is 9.93. The van der Waals surface area contributed by atoms with E-state index in [9.17, 15) is 8.78 Å². The Hall–Kier alpha value is -2.68. The lowest BCUT2D eigenvalue weighted by Gasteiger charge is -2.13. The Labute approximate surface area is 140 Å². The van der Waals surface area contributed by atoms with Gasteiger partial charge in [-0.25, -0.2) is 0 Å². The number of hydrogen-bond donors (Lipinski definition) is 0. The highest BCUT2D eigenvalue weighted by Crippen LogP contribution is 2.35. The van der Waals surface area contributed by atoms with Gasteiger partial charge in [-0.3, -0.25) is 0 Å². The van der Waals surface area contributed by atoms with Crippen LogP contribution in [0.15, 0.2) is 72.8 Å². The third-order valence-electron chi connectivity index (χ3n) is 3.97. The van der Waals surface area contributed by atoms with Crippen molar-refractivity contribution in [1.82, 2.24) is 0 Å². The summed E-state index contributed by atoms with van der Waals surface area (Å²) < 4.78 is 29.6. The molecule has 0 spiro atoms. The number of rotatable bonds is 5. The number of aryl methyl sites for hydroxylation is 1. The molecule has 0 fully saturated rings. The lowest BCUT2D eigenvalue weighted by molar-refractivity contribution is -0.0498. The maximum Gasteiger partial charge on any atom is 0.387 e. The zero-order valence-corrected chi connectivity index (χ0v) is 13.4. The first kappa shape index (κ1) is 16.2. The Balaban J connectivity index is 2.10. The summed E-state index contributed by atoms with van der Waals surface area (Å²) in [6.45, 7) is -0.718. The zero-order valence-electron chi connectivity index (χ0n) is 13.4. The highest BCUT2D eigenvalue weighted by Gasteiger charge is 2.11. The topological polar surface area (TPSA) is 9.23 Å². The van der Waals surface area contributed by atoms with E-state index < -0.39 is 6.61 Å². The van der Waals surface area contributed by atoms with Crippen LogP contribution >= 0.6 is 0 Å². The second-order valence-corrected chi connectivity index (χ2v) is 5.50. The van der Waals surface area contributed by atoms with Crippen molar-refractivity contribution in [3.8, 4) is 28.0 Å². The predicted molar refractivity (Wildman–Crippen MR) is 93.3 cm³/mol. The molecule has 0 amide bonds. The van der Waals surface area contributed by atoms with Crippen LogP contribution in [0.2, 0.25) is 0 Å². The SMILES string of the molecule is CCc1ccc(-c2ccc(OC(F)F)cc2-c2ccccc2)cc1. The first-order valence-corrected chi connectivity index (χ1v) is 7.91. The minimum absolute atomic E-state index is 0.165. The van der Waals surface area contributed by atoms with Gasteiger partial charge in [0.15, 0.2) is 0 Å². The average molecular weight is 324 g/mol. The van der Waals surface area contributed by atoms with Gasteiger partial charge in [0.1, 0.15) is 5.75 Å². The van der Waals surface area contributed by atoms with E-state index >= 15 is 0 Å². The second-order valence-electron chi connectivity index (χ2n) is 5.50. The van der Waals surface area contributed by atoms with Crippen LogP contribution in [-0.2, 0) is 6.42 Å². The van der Waals surface area contributed by atoms with Crippen LogP contribution in [0.4, 0.5) is 8.78 Å². The molecule has 0 aliphatic carbocycles. The van der Waals surface area contributed by atoms with Crippen LogP contribution in [0.5, 0.6) is 5.75 Å². The Morgan fingerprint density at radius 1 is 0.792 bits per heavy atom. The van der Waals surface area contributed by atoms with Gasteiger partial charge in [-0.05, 0) is 46.4 Å². The molecule has 3 rings (SSSR count). The molecule has 0 aliphatic heterocycles. The molecule has 3 aromatic rings. The lowest BCUT2D eigenvalue weighted by Crippen LogP contribution is -2.02. The molecule has 0 saturated carbocycles. The molecular weight excluding hydrogens is 306 g/mol. The molecule has 3 heteroatoms. The molecule has 0 aromatic heterocycles. The molecule has 0 radical (unpaired) electrons. The van der Waals surface area contributed by atoms with Gasteiger partial charge in [-0.1, -0.05) is 67.6 Å². The first-order valence-electron chi connectivity index (χ1n) is 7.91. The molecule has 122 valence electrons. The Kier molecular flexibility index (Phi) is 4.90. The van der Waals surface area contributed by atoms with Gasteiger partial charge in [-0.2, -0.15) is 8.78 Å².